The van der Waals surface area contributed by atoms with Gasteiger partial charge in [0, 0.05) is 16.7 Å². The minimum Gasteiger partial charge on any atom is -0.381 e. The van der Waals surface area contributed by atoms with Crippen LogP contribution in [-0.2, 0) is 6.54 Å². The van der Waals surface area contributed by atoms with Gasteiger partial charge in [0.1, 0.15) is 11.9 Å². The number of benzene rings is 2. The molecule has 2 aromatic rings. The zero-order valence-electron chi connectivity index (χ0n) is 9.75. The van der Waals surface area contributed by atoms with Crippen molar-refractivity contribution in [3.63, 3.8) is 0 Å². The molecule has 2 nitrogen and oxygen atoms in total. The second-order valence-corrected chi connectivity index (χ2v) is 5.17. The summed E-state index contributed by atoms with van der Waals surface area (Å²) in [6, 6.07) is 11.8. The van der Waals surface area contributed by atoms with Gasteiger partial charge in [-0.15, -0.1) is 0 Å². The SMILES string of the molecule is N#Cc1cc(NCc2ccc(Br)c(Cl)c2)ccc1F. The van der Waals surface area contributed by atoms with Crippen LogP contribution < -0.4 is 5.32 Å². The fraction of sp³-hybridized carbons (Fsp3) is 0.0714. The highest BCUT2D eigenvalue weighted by Crippen LogP contribution is 2.23. The molecule has 0 aliphatic heterocycles. The number of rotatable bonds is 3. The molecule has 0 saturated carbocycles. The Morgan fingerprint density at radius 1 is 1.26 bits per heavy atom. The molecule has 0 atom stereocenters. The van der Waals surface area contributed by atoms with Gasteiger partial charge in [-0.2, -0.15) is 5.26 Å². The largest absolute Gasteiger partial charge is 0.381 e. The third kappa shape index (κ3) is 3.46. The van der Waals surface area contributed by atoms with Crippen molar-refractivity contribution in [3.8, 4) is 6.07 Å². The molecule has 0 aliphatic rings. The van der Waals surface area contributed by atoms with Crippen molar-refractivity contribution >= 4 is 33.2 Å². The summed E-state index contributed by atoms with van der Waals surface area (Å²) in [5.41, 5.74) is 1.71. The normalized spacial score (nSPS) is 10.0. The van der Waals surface area contributed by atoms with E-state index in [1.54, 1.807) is 6.07 Å². The molecular formula is C14H9BrClFN2. The van der Waals surface area contributed by atoms with Crippen LogP contribution in [0.5, 0.6) is 0 Å². The first-order chi connectivity index (χ1) is 9.10. The molecule has 0 spiro atoms. The molecule has 0 amide bonds. The van der Waals surface area contributed by atoms with Gasteiger partial charge in [-0.3, -0.25) is 0 Å². The zero-order valence-corrected chi connectivity index (χ0v) is 12.1. The minimum absolute atomic E-state index is 0.0267. The van der Waals surface area contributed by atoms with Crippen LogP contribution in [0.1, 0.15) is 11.1 Å². The number of anilines is 1. The van der Waals surface area contributed by atoms with E-state index >= 15 is 0 Å². The van der Waals surface area contributed by atoms with Gasteiger partial charge in [0.2, 0.25) is 0 Å². The average Bonchev–Trinajstić information content (AvgIpc) is 2.41. The summed E-state index contributed by atoms with van der Waals surface area (Å²) in [4.78, 5) is 0. The van der Waals surface area contributed by atoms with Gasteiger partial charge in [-0.1, -0.05) is 17.7 Å². The predicted octanol–water partition coefficient (Wildman–Crippen LogP) is 4.73. The molecule has 0 fully saturated rings. The van der Waals surface area contributed by atoms with Gasteiger partial charge in [0.05, 0.1) is 10.6 Å². The molecule has 96 valence electrons. The zero-order chi connectivity index (χ0) is 13.8. The van der Waals surface area contributed by atoms with Crippen LogP contribution in [0.3, 0.4) is 0 Å². The first kappa shape index (κ1) is 13.9. The van der Waals surface area contributed by atoms with Crippen molar-refractivity contribution in [1.82, 2.24) is 0 Å². The van der Waals surface area contributed by atoms with Gasteiger partial charge in [-0.05, 0) is 51.8 Å². The fourth-order valence-corrected chi connectivity index (χ4v) is 2.02. The topological polar surface area (TPSA) is 35.8 Å². The number of nitrogens with one attached hydrogen (secondary N) is 1. The Kier molecular flexibility index (Phi) is 4.41. The van der Waals surface area contributed by atoms with E-state index < -0.39 is 5.82 Å². The van der Waals surface area contributed by atoms with Gasteiger partial charge in [0.25, 0.3) is 0 Å². The molecule has 2 rings (SSSR count). The third-order valence-corrected chi connectivity index (χ3v) is 3.80. The van der Waals surface area contributed by atoms with Gasteiger partial charge < -0.3 is 5.32 Å². The summed E-state index contributed by atoms with van der Waals surface area (Å²) >= 11 is 9.32. The second kappa shape index (κ2) is 6.05. The number of hydrogen-bond acceptors (Lipinski definition) is 2. The Morgan fingerprint density at radius 3 is 2.74 bits per heavy atom. The van der Waals surface area contributed by atoms with E-state index in [1.165, 1.54) is 12.1 Å². The van der Waals surface area contributed by atoms with Gasteiger partial charge in [0.15, 0.2) is 0 Å². The summed E-state index contributed by atoms with van der Waals surface area (Å²) in [7, 11) is 0. The van der Waals surface area contributed by atoms with Crippen molar-refractivity contribution < 1.29 is 4.39 Å². The van der Waals surface area contributed by atoms with Crippen molar-refractivity contribution in [3.05, 3.63) is 62.8 Å². The van der Waals surface area contributed by atoms with E-state index in [9.17, 15) is 4.39 Å². The highest BCUT2D eigenvalue weighted by atomic mass is 79.9. The average molecular weight is 340 g/mol. The lowest BCUT2D eigenvalue weighted by Gasteiger charge is -2.08. The number of nitriles is 1. The monoisotopic (exact) mass is 338 g/mol. The number of halogens is 3. The molecule has 0 saturated heterocycles. The maximum Gasteiger partial charge on any atom is 0.141 e. The van der Waals surface area contributed by atoms with Crippen LogP contribution >= 0.6 is 27.5 Å². The van der Waals surface area contributed by atoms with Crippen LogP contribution in [0.2, 0.25) is 5.02 Å². The molecule has 0 aliphatic carbocycles. The third-order valence-electron chi connectivity index (χ3n) is 2.57. The number of nitrogens with zero attached hydrogens (tertiary/aromatic N) is 1. The Bertz CT molecular complexity index is 652. The summed E-state index contributed by atoms with van der Waals surface area (Å²) < 4.78 is 14.0. The van der Waals surface area contributed by atoms with E-state index in [0.717, 1.165) is 10.0 Å². The first-order valence-corrected chi connectivity index (χ1v) is 6.64. The second-order valence-electron chi connectivity index (χ2n) is 3.91. The fourth-order valence-electron chi connectivity index (χ4n) is 1.57. The Morgan fingerprint density at radius 2 is 2.05 bits per heavy atom. The maximum atomic E-state index is 13.2. The van der Waals surface area contributed by atoms with E-state index in [2.05, 4.69) is 21.2 Å². The highest BCUT2D eigenvalue weighted by Gasteiger charge is 2.03. The highest BCUT2D eigenvalue weighted by molar-refractivity contribution is 9.10. The molecule has 0 aromatic heterocycles. The van der Waals surface area contributed by atoms with E-state index in [0.29, 0.717) is 17.3 Å². The number of hydrogen-bond donors (Lipinski definition) is 1. The lowest BCUT2D eigenvalue weighted by atomic mass is 10.2. The van der Waals surface area contributed by atoms with E-state index in [-0.39, 0.29) is 5.56 Å². The van der Waals surface area contributed by atoms with Crippen molar-refractivity contribution in [1.29, 1.82) is 5.26 Å². The van der Waals surface area contributed by atoms with Gasteiger partial charge >= 0.3 is 0 Å². The molecule has 0 radical (unpaired) electrons. The lowest BCUT2D eigenvalue weighted by Crippen LogP contribution is -2.00. The summed E-state index contributed by atoms with van der Waals surface area (Å²) in [6.07, 6.45) is 0. The molecule has 5 heteroatoms. The molecule has 19 heavy (non-hydrogen) atoms. The Labute approximate surface area is 123 Å². The van der Waals surface area contributed by atoms with E-state index in [4.69, 9.17) is 16.9 Å². The Hall–Kier alpha value is -1.57. The summed E-state index contributed by atoms with van der Waals surface area (Å²) in [6.45, 7) is 0.545. The van der Waals surface area contributed by atoms with Crippen molar-refractivity contribution in [2.45, 2.75) is 6.54 Å². The van der Waals surface area contributed by atoms with Crippen LogP contribution in [0, 0.1) is 17.1 Å². The lowest BCUT2D eigenvalue weighted by molar-refractivity contribution is 0.624. The van der Waals surface area contributed by atoms with Crippen molar-refractivity contribution in [2.75, 3.05) is 5.32 Å². The quantitative estimate of drug-likeness (QED) is 0.878. The smallest absolute Gasteiger partial charge is 0.141 e. The standard InChI is InChI=1S/C14H9BrClFN2/c15-12-3-1-9(5-13(12)16)8-19-11-2-4-14(17)10(6-11)7-18/h1-6,19H,8H2. The molecule has 0 unspecified atom stereocenters. The molecule has 2 aromatic carbocycles. The molecule has 1 N–H and O–H groups in total. The van der Waals surface area contributed by atoms with Crippen LogP contribution in [0.4, 0.5) is 10.1 Å². The van der Waals surface area contributed by atoms with Crippen LogP contribution in [0.25, 0.3) is 0 Å². The Balaban J connectivity index is 2.10. The maximum absolute atomic E-state index is 13.2. The van der Waals surface area contributed by atoms with E-state index in [1.807, 2.05) is 24.3 Å². The van der Waals surface area contributed by atoms with Crippen LogP contribution in [-0.4, -0.2) is 0 Å². The predicted molar refractivity (Wildman–Crippen MR) is 77.6 cm³/mol. The molecular weight excluding hydrogens is 331 g/mol. The molecule has 0 bridgehead atoms. The molecule has 0 heterocycles. The minimum atomic E-state index is -0.514. The van der Waals surface area contributed by atoms with Crippen LogP contribution in [0.15, 0.2) is 40.9 Å². The van der Waals surface area contributed by atoms with Crippen molar-refractivity contribution in [2.24, 2.45) is 0 Å². The summed E-state index contributed by atoms with van der Waals surface area (Å²) in [5.74, 6) is -0.514. The van der Waals surface area contributed by atoms with Gasteiger partial charge in [-0.25, -0.2) is 4.39 Å². The first-order valence-electron chi connectivity index (χ1n) is 5.47. The summed E-state index contributed by atoms with van der Waals surface area (Å²) in [5, 5.41) is 12.5.